The third-order valence-electron chi connectivity index (χ3n) is 2.88. The van der Waals surface area contributed by atoms with Crippen LogP contribution in [-0.4, -0.2) is 31.0 Å². The number of fused-ring (bicyclic) bond motifs is 1. The average molecular weight is 220 g/mol. The molecule has 0 saturated carbocycles. The van der Waals surface area contributed by atoms with Crippen molar-refractivity contribution in [3.8, 4) is 5.75 Å². The summed E-state index contributed by atoms with van der Waals surface area (Å²) in [4.78, 5) is 12.9. The molecule has 0 spiro atoms. The maximum absolute atomic E-state index is 10.9. The van der Waals surface area contributed by atoms with Crippen LogP contribution in [0.2, 0.25) is 0 Å². The topological polar surface area (TPSA) is 55.6 Å². The molecule has 16 heavy (non-hydrogen) atoms. The van der Waals surface area contributed by atoms with Gasteiger partial charge in [-0.1, -0.05) is 6.07 Å². The summed E-state index contributed by atoms with van der Waals surface area (Å²) in [7, 11) is 1.66. The highest BCUT2D eigenvalue weighted by Gasteiger charge is 2.17. The number of methoxy groups -OCH3 is 1. The predicted molar refractivity (Wildman–Crippen MR) is 61.2 cm³/mol. The van der Waals surface area contributed by atoms with Crippen LogP contribution in [0, 0.1) is 0 Å². The number of hydrogen-bond acceptors (Lipinski definition) is 3. The van der Waals surface area contributed by atoms with Gasteiger partial charge in [0.05, 0.1) is 13.7 Å². The van der Waals surface area contributed by atoms with E-state index >= 15 is 0 Å². The third-order valence-corrected chi connectivity index (χ3v) is 2.88. The number of hydrogen-bond donors (Lipinski definition) is 1. The van der Waals surface area contributed by atoms with Gasteiger partial charge in [-0.15, -0.1) is 0 Å². The molecular weight excluding hydrogens is 204 g/mol. The maximum Gasteiger partial charge on any atom is 0.231 e. The van der Waals surface area contributed by atoms with E-state index in [4.69, 9.17) is 10.5 Å². The van der Waals surface area contributed by atoms with Gasteiger partial charge in [0.15, 0.2) is 0 Å². The molecule has 0 unspecified atom stereocenters. The number of ether oxygens (including phenoxy) is 1. The van der Waals surface area contributed by atoms with E-state index < -0.39 is 0 Å². The Balaban J connectivity index is 2.14. The zero-order chi connectivity index (χ0) is 11.5. The van der Waals surface area contributed by atoms with Crippen LogP contribution in [0.1, 0.15) is 11.1 Å². The first-order valence-electron chi connectivity index (χ1n) is 5.35. The molecule has 0 radical (unpaired) electrons. The minimum Gasteiger partial charge on any atom is -0.497 e. The van der Waals surface area contributed by atoms with E-state index in [0.29, 0.717) is 6.54 Å². The third kappa shape index (κ3) is 2.33. The van der Waals surface area contributed by atoms with Gasteiger partial charge in [0, 0.05) is 13.1 Å². The number of carbonyl (C=O) groups is 1. The fourth-order valence-corrected chi connectivity index (χ4v) is 2.07. The molecule has 4 heteroatoms. The Morgan fingerprint density at radius 3 is 3.00 bits per heavy atom. The first kappa shape index (κ1) is 11.0. The van der Waals surface area contributed by atoms with Gasteiger partial charge in [-0.3, -0.25) is 9.69 Å². The normalized spacial score (nSPS) is 15.6. The minimum atomic E-state index is -0.272. The first-order valence-corrected chi connectivity index (χ1v) is 5.35. The second-order valence-electron chi connectivity index (χ2n) is 4.06. The zero-order valence-electron chi connectivity index (χ0n) is 9.40. The number of primary amides is 1. The van der Waals surface area contributed by atoms with Crippen molar-refractivity contribution in [1.82, 2.24) is 4.90 Å². The lowest BCUT2D eigenvalue weighted by atomic mass is 9.99. The van der Waals surface area contributed by atoms with Crippen LogP contribution in [0.25, 0.3) is 0 Å². The fraction of sp³-hybridized carbons (Fsp3) is 0.417. The summed E-state index contributed by atoms with van der Waals surface area (Å²) in [6, 6.07) is 6.10. The molecule has 4 nitrogen and oxygen atoms in total. The lowest BCUT2D eigenvalue weighted by Crippen LogP contribution is -2.37. The molecule has 2 N–H and O–H groups in total. The summed E-state index contributed by atoms with van der Waals surface area (Å²) < 4.78 is 5.19. The number of carbonyl (C=O) groups excluding carboxylic acids is 1. The predicted octanol–water partition coefficient (Wildman–Crippen LogP) is 0.539. The second kappa shape index (κ2) is 4.53. The van der Waals surface area contributed by atoms with E-state index in [2.05, 4.69) is 11.0 Å². The Hall–Kier alpha value is -1.55. The fourth-order valence-electron chi connectivity index (χ4n) is 2.07. The molecular formula is C12H16N2O2. The highest BCUT2D eigenvalue weighted by molar-refractivity contribution is 5.75. The molecule has 0 aromatic heterocycles. The van der Waals surface area contributed by atoms with Crippen molar-refractivity contribution in [1.29, 1.82) is 0 Å². The van der Waals surface area contributed by atoms with Crippen molar-refractivity contribution in [3.63, 3.8) is 0 Å². The Bertz CT molecular complexity index is 404. The maximum atomic E-state index is 10.9. The lowest BCUT2D eigenvalue weighted by molar-refractivity contribution is -0.119. The molecule has 1 aliphatic heterocycles. The number of nitrogens with zero attached hydrogens (tertiary/aromatic N) is 1. The smallest absolute Gasteiger partial charge is 0.231 e. The Morgan fingerprint density at radius 2 is 2.31 bits per heavy atom. The van der Waals surface area contributed by atoms with Gasteiger partial charge >= 0.3 is 0 Å². The molecule has 0 aliphatic carbocycles. The second-order valence-corrected chi connectivity index (χ2v) is 4.06. The largest absolute Gasteiger partial charge is 0.497 e. The number of benzene rings is 1. The Morgan fingerprint density at radius 1 is 1.50 bits per heavy atom. The highest BCUT2D eigenvalue weighted by atomic mass is 16.5. The van der Waals surface area contributed by atoms with E-state index in [1.54, 1.807) is 7.11 Å². The molecule has 1 aliphatic rings. The van der Waals surface area contributed by atoms with Crippen LogP contribution in [0.4, 0.5) is 0 Å². The molecule has 1 aromatic rings. The first-order chi connectivity index (χ1) is 7.69. The van der Waals surface area contributed by atoms with Crippen LogP contribution in [0.15, 0.2) is 18.2 Å². The van der Waals surface area contributed by atoms with Gasteiger partial charge in [0.2, 0.25) is 5.91 Å². The summed E-state index contributed by atoms with van der Waals surface area (Å²) in [5.41, 5.74) is 7.76. The number of rotatable bonds is 3. The molecule has 0 saturated heterocycles. The van der Waals surface area contributed by atoms with E-state index in [9.17, 15) is 4.79 Å². The molecule has 1 aromatic carbocycles. The summed E-state index contributed by atoms with van der Waals surface area (Å²) in [5, 5.41) is 0. The van der Waals surface area contributed by atoms with E-state index in [1.165, 1.54) is 11.1 Å². The van der Waals surface area contributed by atoms with Crippen molar-refractivity contribution < 1.29 is 9.53 Å². The average Bonchev–Trinajstić information content (AvgIpc) is 2.27. The van der Waals surface area contributed by atoms with Gasteiger partial charge in [-0.2, -0.15) is 0 Å². The van der Waals surface area contributed by atoms with Crippen molar-refractivity contribution >= 4 is 5.91 Å². The molecule has 2 rings (SSSR count). The molecule has 0 bridgehead atoms. The van der Waals surface area contributed by atoms with Gasteiger partial charge in [-0.25, -0.2) is 0 Å². The van der Waals surface area contributed by atoms with E-state index in [0.717, 1.165) is 25.3 Å². The summed E-state index contributed by atoms with van der Waals surface area (Å²) in [6.07, 6.45) is 0.965. The van der Waals surface area contributed by atoms with Gasteiger partial charge < -0.3 is 10.5 Å². The van der Waals surface area contributed by atoms with Crippen molar-refractivity contribution in [2.75, 3.05) is 20.2 Å². The number of nitrogens with two attached hydrogens (primary N) is 1. The molecule has 0 atom stereocenters. The SMILES string of the molecule is COc1ccc2c(c1)CN(CC(N)=O)CC2. The molecule has 1 amide bonds. The number of amides is 1. The quantitative estimate of drug-likeness (QED) is 0.808. The zero-order valence-corrected chi connectivity index (χ0v) is 9.40. The van der Waals surface area contributed by atoms with E-state index in [-0.39, 0.29) is 5.91 Å². The summed E-state index contributed by atoms with van der Waals surface area (Å²) in [5.74, 6) is 0.589. The molecule has 0 fully saturated rings. The van der Waals surface area contributed by atoms with Crippen LogP contribution < -0.4 is 10.5 Å². The van der Waals surface area contributed by atoms with Crippen molar-refractivity contribution in [3.05, 3.63) is 29.3 Å². The lowest BCUT2D eigenvalue weighted by Gasteiger charge is -2.27. The Kier molecular flexibility index (Phi) is 3.10. The van der Waals surface area contributed by atoms with E-state index in [1.807, 2.05) is 12.1 Å². The Labute approximate surface area is 95.0 Å². The van der Waals surface area contributed by atoms with Crippen molar-refractivity contribution in [2.24, 2.45) is 5.73 Å². The van der Waals surface area contributed by atoms with Crippen LogP contribution >= 0.6 is 0 Å². The van der Waals surface area contributed by atoms with Crippen LogP contribution in [0.3, 0.4) is 0 Å². The van der Waals surface area contributed by atoms with Gasteiger partial charge in [0.25, 0.3) is 0 Å². The summed E-state index contributed by atoms with van der Waals surface area (Å²) >= 11 is 0. The molecule has 1 heterocycles. The monoisotopic (exact) mass is 220 g/mol. The van der Waals surface area contributed by atoms with Crippen molar-refractivity contribution in [2.45, 2.75) is 13.0 Å². The highest BCUT2D eigenvalue weighted by Crippen LogP contribution is 2.23. The van der Waals surface area contributed by atoms with Gasteiger partial charge in [-0.05, 0) is 29.7 Å². The van der Waals surface area contributed by atoms with Gasteiger partial charge in [0.1, 0.15) is 5.75 Å². The molecule has 86 valence electrons. The summed E-state index contributed by atoms with van der Waals surface area (Å²) in [6.45, 7) is 1.99. The standard InChI is InChI=1S/C12H16N2O2/c1-16-11-3-2-9-4-5-14(8-12(13)15)7-10(9)6-11/h2-3,6H,4-5,7-8H2,1H3,(H2,13,15). The van der Waals surface area contributed by atoms with Crippen LogP contribution in [0.5, 0.6) is 5.75 Å². The minimum absolute atomic E-state index is 0.272. The van der Waals surface area contributed by atoms with Crippen LogP contribution in [-0.2, 0) is 17.8 Å².